The zero-order chi connectivity index (χ0) is 21.9. The molecule has 2 rings (SSSR count). The van der Waals surface area contributed by atoms with Crippen LogP contribution in [0.25, 0.3) is 0 Å². The largest absolute Gasteiger partial charge is 0.494 e. The number of nitrogens with one attached hydrogen (secondary N) is 1. The predicted octanol–water partition coefficient (Wildman–Crippen LogP) is 3.32. The summed E-state index contributed by atoms with van der Waals surface area (Å²) in [4.78, 5) is 38.8. The lowest BCUT2D eigenvalue weighted by molar-refractivity contribution is -0.160. The van der Waals surface area contributed by atoms with E-state index >= 15 is 0 Å². The van der Waals surface area contributed by atoms with E-state index < -0.39 is 12.1 Å². The summed E-state index contributed by atoms with van der Waals surface area (Å²) in [6.45, 7) is 6.79. The molecule has 0 aliphatic carbocycles. The van der Waals surface area contributed by atoms with Crippen molar-refractivity contribution in [2.75, 3.05) is 19.7 Å². The van der Waals surface area contributed by atoms with E-state index in [1.807, 2.05) is 4.90 Å². The number of unbranched alkanes of at least 4 members (excludes halogenated alkanes) is 1. The molecule has 30 heavy (non-hydrogen) atoms. The summed E-state index contributed by atoms with van der Waals surface area (Å²) >= 11 is 0. The van der Waals surface area contributed by atoms with Gasteiger partial charge < -0.3 is 19.7 Å². The summed E-state index contributed by atoms with van der Waals surface area (Å²) < 4.78 is 10.8. The van der Waals surface area contributed by atoms with Crippen LogP contribution in [-0.4, -0.2) is 54.5 Å². The molecule has 1 aliphatic heterocycles. The van der Waals surface area contributed by atoms with E-state index in [9.17, 15) is 14.4 Å². The topological polar surface area (TPSA) is 84.9 Å². The van der Waals surface area contributed by atoms with E-state index in [-0.39, 0.29) is 24.4 Å². The Labute approximate surface area is 179 Å². The maximum atomic E-state index is 12.6. The molecule has 1 heterocycles. The molecule has 1 aromatic carbocycles. The molecule has 7 nitrogen and oxygen atoms in total. The SMILES string of the molecule is CCCCOc1ccc(C(=O)NCC(=O)OC(C)C(=O)N2CCCCC2CC)cc1. The Morgan fingerprint density at radius 3 is 2.57 bits per heavy atom. The Bertz CT molecular complexity index is 704. The van der Waals surface area contributed by atoms with E-state index in [0.29, 0.717) is 24.5 Å². The summed E-state index contributed by atoms with van der Waals surface area (Å²) in [7, 11) is 0. The standard InChI is InChI=1S/C23H34N2O5/c1-4-6-15-29-20-12-10-18(11-13-20)22(27)24-16-21(26)30-17(3)23(28)25-14-8-7-9-19(25)5-2/h10-13,17,19H,4-9,14-16H2,1-3H3,(H,24,27). The Balaban J connectivity index is 1.77. The summed E-state index contributed by atoms with van der Waals surface area (Å²) in [6, 6.07) is 6.96. The number of rotatable bonds is 10. The number of nitrogens with zero attached hydrogens (tertiary/aromatic N) is 1. The van der Waals surface area contributed by atoms with Crippen molar-refractivity contribution >= 4 is 17.8 Å². The van der Waals surface area contributed by atoms with Crippen molar-refractivity contribution in [2.24, 2.45) is 0 Å². The van der Waals surface area contributed by atoms with Crippen LogP contribution in [-0.2, 0) is 14.3 Å². The van der Waals surface area contributed by atoms with E-state index in [4.69, 9.17) is 9.47 Å². The molecule has 1 aromatic rings. The Hall–Kier alpha value is -2.57. The van der Waals surface area contributed by atoms with Gasteiger partial charge in [0.1, 0.15) is 12.3 Å². The van der Waals surface area contributed by atoms with Crippen molar-refractivity contribution in [3.8, 4) is 5.75 Å². The minimum Gasteiger partial charge on any atom is -0.494 e. The van der Waals surface area contributed by atoms with Crippen LogP contribution in [0.2, 0.25) is 0 Å². The second kappa shape index (κ2) is 12.2. The summed E-state index contributed by atoms with van der Waals surface area (Å²) in [6.07, 6.45) is 5.14. The van der Waals surface area contributed by atoms with Crippen molar-refractivity contribution in [2.45, 2.75) is 71.4 Å². The molecule has 0 bridgehead atoms. The van der Waals surface area contributed by atoms with Gasteiger partial charge in [-0.05, 0) is 63.3 Å². The Morgan fingerprint density at radius 2 is 1.90 bits per heavy atom. The number of benzene rings is 1. The van der Waals surface area contributed by atoms with Crippen molar-refractivity contribution in [3.63, 3.8) is 0 Å². The maximum absolute atomic E-state index is 12.6. The summed E-state index contributed by atoms with van der Waals surface area (Å²) in [5, 5.41) is 2.54. The van der Waals surface area contributed by atoms with Gasteiger partial charge in [-0.1, -0.05) is 20.3 Å². The monoisotopic (exact) mass is 418 g/mol. The van der Waals surface area contributed by atoms with Gasteiger partial charge in [-0.25, -0.2) is 0 Å². The quantitative estimate of drug-likeness (QED) is 0.465. The minimum atomic E-state index is -0.860. The average Bonchev–Trinajstić information content (AvgIpc) is 2.77. The van der Waals surface area contributed by atoms with Gasteiger partial charge in [0.2, 0.25) is 0 Å². The molecular weight excluding hydrogens is 384 g/mol. The van der Waals surface area contributed by atoms with Crippen LogP contribution < -0.4 is 10.1 Å². The number of likely N-dealkylation sites (tertiary alicyclic amines) is 1. The van der Waals surface area contributed by atoms with Gasteiger partial charge in [-0.3, -0.25) is 14.4 Å². The molecule has 2 amide bonds. The number of esters is 1. The van der Waals surface area contributed by atoms with Gasteiger partial charge in [0.25, 0.3) is 11.8 Å². The molecule has 1 fully saturated rings. The van der Waals surface area contributed by atoms with Crippen LogP contribution in [0.15, 0.2) is 24.3 Å². The Kier molecular flexibility index (Phi) is 9.64. The third-order valence-electron chi connectivity index (χ3n) is 5.31. The third-order valence-corrected chi connectivity index (χ3v) is 5.31. The lowest BCUT2D eigenvalue weighted by atomic mass is 9.99. The number of carbonyl (C=O) groups excluding carboxylic acids is 3. The van der Waals surface area contributed by atoms with Crippen LogP contribution in [0.5, 0.6) is 5.75 Å². The first-order chi connectivity index (χ1) is 14.5. The van der Waals surface area contributed by atoms with E-state index in [2.05, 4.69) is 19.2 Å². The molecule has 1 N–H and O–H groups in total. The van der Waals surface area contributed by atoms with E-state index in [0.717, 1.165) is 38.5 Å². The third kappa shape index (κ3) is 7.04. The first kappa shape index (κ1) is 23.7. The molecule has 166 valence electrons. The first-order valence-corrected chi connectivity index (χ1v) is 11.0. The molecule has 2 atom stereocenters. The molecule has 0 aromatic heterocycles. The van der Waals surface area contributed by atoms with E-state index in [1.165, 1.54) is 0 Å². The number of amides is 2. The smallest absolute Gasteiger partial charge is 0.326 e. The maximum Gasteiger partial charge on any atom is 0.326 e. The molecule has 0 radical (unpaired) electrons. The van der Waals surface area contributed by atoms with Crippen molar-refractivity contribution in [3.05, 3.63) is 29.8 Å². The molecular formula is C23H34N2O5. The fourth-order valence-corrected chi connectivity index (χ4v) is 3.53. The van der Waals surface area contributed by atoms with Crippen LogP contribution in [0.1, 0.15) is 69.7 Å². The van der Waals surface area contributed by atoms with Crippen molar-refractivity contribution < 1.29 is 23.9 Å². The highest BCUT2D eigenvalue weighted by atomic mass is 16.5. The number of hydrogen-bond acceptors (Lipinski definition) is 5. The van der Waals surface area contributed by atoms with Crippen LogP contribution in [0, 0.1) is 0 Å². The van der Waals surface area contributed by atoms with Gasteiger partial charge in [-0.15, -0.1) is 0 Å². The molecule has 0 saturated carbocycles. The van der Waals surface area contributed by atoms with Gasteiger partial charge in [0, 0.05) is 18.2 Å². The van der Waals surface area contributed by atoms with E-state index in [1.54, 1.807) is 31.2 Å². The fraction of sp³-hybridized carbons (Fsp3) is 0.609. The second-order valence-corrected chi connectivity index (χ2v) is 7.63. The first-order valence-electron chi connectivity index (χ1n) is 11.0. The predicted molar refractivity (Wildman–Crippen MR) is 114 cm³/mol. The van der Waals surface area contributed by atoms with Gasteiger partial charge in [0.15, 0.2) is 6.10 Å². The molecule has 7 heteroatoms. The number of carbonyl (C=O) groups is 3. The number of piperidine rings is 1. The van der Waals surface area contributed by atoms with Crippen LogP contribution in [0.3, 0.4) is 0 Å². The van der Waals surface area contributed by atoms with Crippen LogP contribution >= 0.6 is 0 Å². The fourth-order valence-electron chi connectivity index (χ4n) is 3.53. The number of hydrogen-bond donors (Lipinski definition) is 1. The highest BCUT2D eigenvalue weighted by molar-refractivity contribution is 5.96. The zero-order valence-electron chi connectivity index (χ0n) is 18.3. The minimum absolute atomic E-state index is 0.167. The van der Waals surface area contributed by atoms with Gasteiger partial charge in [0.05, 0.1) is 6.61 Å². The molecule has 2 unspecified atom stereocenters. The lowest BCUT2D eigenvalue weighted by Gasteiger charge is -2.36. The van der Waals surface area contributed by atoms with Gasteiger partial charge >= 0.3 is 5.97 Å². The molecule has 1 saturated heterocycles. The highest BCUT2D eigenvalue weighted by Gasteiger charge is 2.30. The van der Waals surface area contributed by atoms with Crippen molar-refractivity contribution in [1.82, 2.24) is 10.2 Å². The Morgan fingerprint density at radius 1 is 1.17 bits per heavy atom. The van der Waals surface area contributed by atoms with Crippen LogP contribution in [0.4, 0.5) is 0 Å². The summed E-state index contributed by atoms with van der Waals surface area (Å²) in [5.74, 6) is -0.475. The lowest BCUT2D eigenvalue weighted by Crippen LogP contribution is -2.48. The normalized spacial score (nSPS) is 17.2. The average molecular weight is 419 g/mol. The zero-order valence-corrected chi connectivity index (χ0v) is 18.3. The summed E-state index contributed by atoms with van der Waals surface area (Å²) in [5.41, 5.74) is 0.425. The molecule has 0 spiro atoms. The van der Waals surface area contributed by atoms with Gasteiger partial charge in [-0.2, -0.15) is 0 Å². The highest BCUT2D eigenvalue weighted by Crippen LogP contribution is 2.20. The molecule has 1 aliphatic rings. The second-order valence-electron chi connectivity index (χ2n) is 7.63. The number of ether oxygens (including phenoxy) is 2. The van der Waals surface area contributed by atoms with Crippen molar-refractivity contribution in [1.29, 1.82) is 0 Å².